The van der Waals surface area contributed by atoms with Crippen molar-refractivity contribution in [1.82, 2.24) is 10.6 Å². The van der Waals surface area contributed by atoms with Crippen molar-refractivity contribution in [3.05, 3.63) is 25.4 Å². The first-order valence-electron chi connectivity index (χ1n) is 14.0. The number of amides is 2. The number of hydrogen-bond donors (Lipinski definition) is 2. The summed E-state index contributed by atoms with van der Waals surface area (Å²) in [6, 6.07) is 0. The zero-order valence-electron chi connectivity index (χ0n) is 25.2. The van der Waals surface area contributed by atoms with Crippen molar-refractivity contribution < 1.29 is 19.1 Å². The molecule has 0 atom stereocenters. The fourth-order valence-corrected chi connectivity index (χ4v) is 14.0. The molecule has 2 heterocycles. The summed E-state index contributed by atoms with van der Waals surface area (Å²) in [6.07, 6.45) is 12.0. The van der Waals surface area contributed by atoms with Gasteiger partial charge in [0.05, 0.1) is 38.6 Å². The molecule has 44 heavy (non-hydrogen) atoms. The number of carbonyl (C=O) groups excluding carboxylic acids is 2. The molecule has 0 spiro atoms. The average Bonchev–Trinajstić information content (AvgIpc) is 3.65. The Bertz CT molecular complexity index is 1140. The predicted molar refractivity (Wildman–Crippen MR) is 206 cm³/mol. The topological polar surface area (TPSA) is 76.7 Å². The summed E-state index contributed by atoms with van der Waals surface area (Å²) < 4.78 is 18.7. The van der Waals surface area contributed by atoms with Crippen LogP contribution in [0.4, 0.5) is 9.59 Å². The minimum Gasteiger partial charge on any atom is -0.450 e. The van der Waals surface area contributed by atoms with Crippen LogP contribution in [0.2, 0.25) is 0 Å². The normalized spacial score (nSPS) is 14.3. The molecular formula is C29H39ClN2O4S8. The Morgan fingerprint density at radius 1 is 0.682 bits per heavy atom. The smallest absolute Gasteiger partial charge is 0.407 e. The number of alkyl halides is 1. The van der Waals surface area contributed by atoms with Crippen molar-refractivity contribution in [3.8, 4) is 23.7 Å². The van der Waals surface area contributed by atoms with Crippen LogP contribution in [0.5, 0.6) is 0 Å². The summed E-state index contributed by atoms with van der Waals surface area (Å²) in [5.74, 6) is 13.2. The van der Waals surface area contributed by atoms with Gasteiger partial charge in [-0.25, -0.2) is 9.59 Å². The maximum atomic E-state index is 12.0. The summed E-state index contributed by atoms with van der Waals surface area (Å²) in [5.41, 5.74) is 0. The lowest BCUT2D eigenvalue weighted by Gasteiger charge is -2.07. The highest BCUT2D eigenvalue weighted by molar-refractivity contribution is 8.44. The van der Waals surface area contributed by atoms with Gasteiger partial charge in [-0.3, -0.25) is 0 Å². The van der Waals surface area contributed by atoms with Gasteiger partial charge in [0.2, 0.25) is 0 Å². The first-order valence-corrected chi connectivity index (χ1v) is 22.5. The quantitative estimate of drug-likeness (QED) is 0.0746. The molecule has 2 aliphatic heterocycles. The maximum absolute atomic E-state index is 12.0. The lowest BCUT2D eigenvalue weighted by molar-refractivity contribution is 0.143. The zero-order valence-corrected chi connectivity index (χ0v) is 32.5. The second-order valence-corrected chi connectivity index (χ2v) is 18.2. The van der Waals surface area contributed by atoms with Crippen molar-refractivity contribution in [2.75, 3.05) is 56.7 Å². The molecule has 0 aliphatic carbocycles. The Balaban J connectivity index is 1.45. The third-order valence-corrected chi connectivity index (χ3v) is 16.8. The monoisotopic (exact) mass is 770 g/mol. The first-order chi connectivity index (χ1) is 21.5. The third kappa shape index (κ3) is 17.2. The Labute approximate surface area is 302 Å². The Hall–Kier alpha value is -0.0300. The number of halogens is 1. The van der Waals surface area contributed by atoms with Crippen molar-refractivity contribution in [1.29, 1.82) is 0 Å². The van der Waals surface area contributed by atoms with E-state index in [2.05, 4.69) is 53.1 Å². The van der Waals surface area contributed by atoms with E-state index in [4.69, 9.17) is 21.1 Å². The molecule has 244 valence electrons. The van der Waals surface area contributed by atoms with Gasteiger partial charge in [0.25, 0.3) is 0 Å². The van der Waals surface area contributed by atoms with Gasteiger partial charge in [-0.05, 0) is 69.1 Å². The predicted octanol–water partition coefficient (Wildman–Crippen LogP) is 9.97. The Kier molecular flexibility index (Phi) is 23.7. The Morgan fingerprint density at radius 2 is 1.14 bits per heavy atom. The molecule has 2 aliphatic rings. The zero-order chi connectivity index (χ0) is 31.8. The number of alkyl carbamates (subject to hydrolysis) is 2. The maximum Gasteiger partial charge on any atom is 0.407 e. The molecule has 0 radical (unpaired) electrons. The summed E-state index contributed by atoms with van der Waals surface area (Å²) in [7, 11) is 0. The lowest BCUT2D eigenvalue weighted by atomic mass is 10.2. The van der Waals surface area contributed by atoms with Gasteiger partial charge in [0, 0.05) is 37.6 Å². The van der Waals surface area contributed by atoms with Crippen LogP contribution in [0.15, 0.2) is 25.4 Å². The number of ether oxygens (including phenoxy) is 2. The SMILES string of the molecule is CSC1=C(SC)SC(=C2SC(SC)=C(SCCCNC(=O)OCCCCC#CC#CCCCCOC(=O)NCCCCl)S2)S1. The van der Waals surface area contributed by atoms with Crippen LogP contribution in [-0.4, -0.2) is 68.9 Å². The molecule has 0 aromatic heterocycles. The number of hydrogen-bond acceptors (Lipinski definition) is 12. The van der Waals surface area contributed by atoms with E-state index in [0.29, 0.717) is 32.2 Å². The number of rotatable bonds is 19. The summed E-state index contributed by atoms with van der Waals surface area (Å²) in [4.78, 5) is 23.4. The highest BCUT2D eigenvalue weighted by atomic mass is 35.5. The number of thioether (sulfide) groups is 8. The molecule has 0 saturated carbocycles. The van der Waals surface area contributed by atoms with Crippen molar-refractivity contribution >= 4 is 118 Å². The number of unbranched alkanes of at least 4 members (excludes halogenated alkanes) is 4. The molecule has 0 aromatic carbocycles. The fourth-order valence-electron chi connectivity index (χ4n) is 3.14. The average molecular weight is 772 g/mol. The molecule has 0 fully saturated rings. The summed E-state index contributed by atoms with van der Waals surface area (Å²) in [5, 5.41) is 5.50. The molecular weight excluding hydrogens is 732 g/mol. The van der Waals surface area contributed by atoms with Gasteiger partial charge in [-0.1, -0.05) is 58.9 Å². The largest absolute Gasteiger partial charge is 0.450 e. The molecule has 0 unspecified atom stereocenters. The van der Waals surface area contributed by atoms with E-state index in [1.54, 1.807) is 0 Å². The minimum absolute atomic E-state index is 0.358. The van der Waals surface area contributed by atoms with Gasteiger partial charge in [0.15, 0.2) is 0 Å². The van der Waals surface area contributed by atoms with E-state index in [-0.39, 0.29) is 6.09 Å². The number of nitrogens with one attached hydrogen (secondary N) is 2. The van der Waals surface area contributed by atoms with E-state index < -0.39 is 6.09 Å². The van der Waals surface area contributed by atoms with Crippen LogP contribution in [0.25, 0.3) is 0 Å². The van der Waals surface area contributed by atoms with Crippen LogP contribution < -0.4 is 10.6 Å². The standard InChI is InChI=1S/C29H39ClN2O4S8/c1-37-22-23(38-2)42-26(41-22)27-43-24(39-3)25(44-27)40-21-15-18-32-29(34)36-20-13-11-9-7-5-4-6-8-10-12-19-35-28(33)31-17-14-16-30/h8-21H2,1-3H3,(H,31,33)(H,32,34). The molecule has 2 rings (SSSR count). The van der Waals surface area contributed by atoms with E-state index in [1.165, 1.54) is 25.4 Å². The fraction of sp³-hybridized carbons (Fsp3) is 0.586. The van der Waals surface area contributed by atoms with Crippen molar-refractivity contribution in [2.24, 2.45) is 0 Å². The van der Waals surface area contributed by atoms with Crippen LogP contribution in [-0.2, 0) is 9.47 Å². The van der Waals surface area contributed by atoms with Crippen LogP contribution in [0.1, 0.15) is 51.4 Å². The third-order valence-electron chi connectivity index (χ3n) is 5.30. The van der Waals surface area contributed by atoms with E-state index in [9.17, 15) is 9.59 Å². The highest BCUT2D eigenvalue weighted by Gasteiger charge is 2.29. The lowest BCUT2D eigenvalue weighted by Crippen LogP contribution is -2.26. The van der Waals surface area contributed by atoms with Gasteiger partial charge in [-0.15, -0.1) is 58.6 Å². The van der Waals surface area contributed by atoms with Gasteiger partial charge < -0.3 is 20.1 Å². The number of carbonyl (C=O) groups is 2. The Morgan fingerprint density at radius 3 is 1.61 bits per heavy atom. The van der Waals surface area contributed by atoms with Crippen molar-refractivity contribution in [3.63, 3.8) is 0 Å². The molecule has 2 N–H and O–H groups in total. The first kappa shape index (κ1) is 40.1. The molecule has 0 aromatic rings. The molecule has 0 bridgehead atoms. The van der Waals surface area contributed by atoms with Gasteiger partial charge in [-0.2, -0.15) is 0 Å². The minimum atomic E-state index is -0.401. The second kappa shape index (κ2) is 26.0. The van der Waals surface area contributed by atoms with Crippen LogP contribution in [0.3, 0.4) is 0 Å². The summed E-state index contributed by atoms with van der Waals surface area (Å²) >= 11 is 20.5. The van der Waals surface area contributed by atoms with E-state index in [1.807, 2.05) is 94.1 Å². The van der Waals surface area contributed by atoms with Crippen LogP contribution >= 0.6 is 106 Å². The molecule has 15 heteroatoms. The molecule has 6 nitrogen and oxygen atoms in total. The molecule has 2 amide bonds. The highest BCUT2D eigenvalue weighted by Crippen LogP contribution is 2.65. The molecule has 0 saturated heterocycles. The van der Waals surface area contributed by atoms with Gasteiger partial charge >= 0.3 is 12.2 Å². The van der Waals surface area contributed by atoms with E-state index in [0.717, 1.165) is 57.1 Å². The van der Waals surface area contributed by atoms with Gasteiger partial charge in [0.1, 0.15) is 0 Å². The second-order valence-electron chi connectivity index (χ2n) is 8.63. The van der Waals surface area contributed by atoms with Crippen LogP contribution in [0, 0.1) is 23.7 Å². The van der Waals surface area contributed by atoms with Crippen molar-refractivity contribution in [2.45, 2.75) is 51.4 Å². The summed E-state index contributed by atoms with van der Waals surface area (Å²) in [6.45, 7) is 1.90. The van der Waals surface area contributed by atoms with E-state index >= 15 is 0 Å².